The Morgan fingerprint density at radius 1 is 0.737 bits per heavy atom. The molecule has 2 aromatic rings. The van der Waals surface area contributed by atoms with Crippen LogP contribution in [0.2, 0.25) is 0 Å². The van der Waals surface area contributed by atoms with Crippen LogP contribution in [0, 0.1) is 0 Å². The molecule has 0 amide bonds. The summed E-state index contributed by atoms with van der Waals surface area (Å²) in [5.74, 6) is 0.802. The minimum Gasteiger partial charge on any atom is -0.0620 e. The molecule has 98 valence electrons. The lowest BCUT2D eigenvalue weighted by Crippen LogP contribution is -1.83. The van der Waals surface area contributed by atoms with Crippen molar-refractivity contribution in [3.63, 3.8) is 0 Å². The van der Waals surface area contributed by atoms with Crippen molar-refractivity contribution in [1.29, 1.82) is 0 Å². The molecule has 2 aromatic carbocycles. The highest BCUT2D eigenvalue weighted by atomic mass is 14.2. The maximum Gasteiger partial charge on any atom is -0.0184 e. The lowest BCUT2D eigenvalue weighted by atomic mass is 10.0. The number of rotatable bonds is 0. The molecule has 2 aliphatic carbocycles. The smallest absolute Gasteiger partial charge is 0.0184 e. The van der Waals surface area contributed by atoms with Gasteiger partial charge in [0.2, 0.25) is 0 Å². The van der Waals surface area contributed by atoms with Gasteiger partial charge in [-0.15, -0.1) is 0 Å². The monoisotopic (exact) mass is 250 g/mol. The van der Waals surface area contributed by atoms with Crippen LogP contribution < -0.4 is 0 Å². The van der Waals surface area contributed by atoms with E-state index < -0.39 is 0 Å². The van der Waals surface area contributed by atoms with Gasteiger partial charge in [-0.1, -0.05) is 55.5 Å². The van der Waals surface area contributed by atoms with Crippen LogP contribution in [0.5, 0.6) is 0 Å². The number of hydrogen-bond donors (Lipinski definition) is 0. The van der Waals surface area contributed by atoms with Crippen molar-refractivity contribution in [3.05, 3.63) is 70.8 Å². The van der Waals surface area contributed by atoms with Gasteiger partial charge in [0.05, 0.1) is 0 Å². The highest BCUT2D eigenvalue weighted by Crippen LogP contribution is 2.31. The molecule has 0 fully saturated rings. The zero-order valence-electron chi connectivity index (χ0n) is 11.7. The fraction of sp³-hybridized carbons (Fsp3) is 0.368. The molecule has 19 heavy (non-hydrogen) atoms. The van der Waals surface area contributed by atoms with Crippen molar-refractivity contribution in [2.75, 3.05) is 0 Å². The van der Waals surface area contributed by atoms with Crippen molar-refractivity contribution >= 4 is 0 Å². The molecule has 0 heteroatoms. The zero-order chi connectivity index (χ0) is 13.1. The second-order valence-electron chi connectivity index (χ2n) is 5.76. The van der Waals surface area contributed by atoms with Gasteiger partial charge in [0.1, 0.15) is 0 Å². The third-order valence-electron chi connectivity index (χ3n) is 4.44. The maximum absolute atomic E-state index is 2.31. The second kappa shape index (κ2) is 5.61. The van der Waals surface area contributed by atoms with Gasteiger partial charge < -0.3 is 0 Å². The summed E-state index contributed by atoms with van der Waals surface area (Å²) in [7, 11) is 0. The van der Waals surface area contributed by atoms with Crippen LogP contribution in [0.1, 0.15) is 47.9 Å². The molecule has 4 rings (SSSR count). The van der Waals surface area contributed by atoms with E-state index in [2.05, 4.69) is 55.5 Å². The molecule has 0 N–H and O–H groups in total. The lowest BCUT2D eigenvalue weighted by molar-refractivity contribution is 0.747. The number of benzene rings is 2. The van der Waals surface area contributed by atoms with Crippen LogP contribution in [0.15, 0.2) is 48.5 Å². The summed E-state index contributed by atoms with van der Waals surface area (Å²) in [6.45, 7) is 2.31. The van der Waals surface area contributed by atoms with E-state index >= 15 is 0 Å². The van der Waals surface area contributed by atoms with Crippen LogP contribution in [0.4, 0.5) is 0 Å². The summed E-state index contributed by atoms with van der Waals surface area (Å²) >= 11 is 0. The first-order valence-corrected chi connectivity index (χ1v) is 7.49. The van der Waals surface area contributed by atoms with Gasteiger partial charge >= 0.3 is 0 Å². The fourth-order valence-corrected chi connectivity index (χ4v) is 3.28. The first-order valence-electron chi connectivity index (χ1n) is 7.49. The molecule has 0 saturated heterocycles. The molecule has 0 nitrogen and oxygen atoms in total. The van der Waals surface area contributed by atoms with E-state index in [1.807, 2.05) is 0 Å². The Morgan fingerprint density at radius 2 is 1.32 bits per heavy atom. The summed E-state index contributed by atoms with van der Waals surface area (Å²) in [5.41, 5.74) is 6.27. The van der Waals surface area contributed by atoms with E-state index in [-0.39, 0.29) is 0 Å². The van der Waals surface area contributed by atoms with Gasteiger partial charge in [0, 0.05) is 0 Å². The Kier molecular flexibility index (Phi) is 3.68. The minimum absolute atomic E-state index is 0.802. The van der Waals surface area contributed by atoms with Gasteiger partial charge in [-0.25, -0.2) is 0 Å². The number of fused-ring (bicyclic) bond motifs is 2. The minimum atomic E-state index is 0.802. The third kappa shape index (κ3) is 2.73. The quantitative estimate of drug-likeness (QED) is 0.623. The maximum atomic E-state index is 2.31. The first-order chi connectivity index (χ1) is 9.34. The van der Waals surface area contributed by atoms with Crippen molar-refractivity contribution in [1.82, 2.24) is 0 Å². The Hall–Kier alpha value is -1.56. The van der Waals surface area contributed by atoms with E-state index in [4.69, 9.17) is 0 Å². The predicted octanol–water partition coefficient (Wildman–Crippen LogP) is 4.91. The summed E-state index contributed by atoms with van der Waals surface area (Å²) in [6, 6.07) is 17.5. The molecule has 0 heterocycles. The van der Waals surface area contributed by atoms with Crippen molar-refractivity contribution in [2.45, 2.75) is 44.9 Å². The molecule has 0 spiro atoms. The van der Waals surface area contributed by atoms with Crippen LogP contribution in [0.3, 0.4) is 0 Å². The Morgan fingerprint density at radius 3 is 1.95 bits per heavy atom. The van der Waals surface area contributed by atoms with Gasteiger partial charge in [0.15, 0.2) is 0 Å². The second-order valence-corrected chi connectivity index (χ2v) is 5.76. The van der Waals surface area contributed by atoms with Crippen molar-refractivity contribution < 1.29 is 0 Å². The molecular formula is C19H22. The Balaban J connectivity index is 0.000000117. The highest BCUT2D eigenvalue weighted by Gasteiger charge is 2.16. The van der Waals surface area contributed by atoms with E-state index in [9.17, 15) is 0 Å². The summed E-state index contributed by atoms with van der Waals surface area (Å²) in [5, 5.41) is 0. The van der Waals surface area contributed by atoms with Crippen molar-refractivity contribution in [3.8, 4) is 0 Å². The summed E-state index contributed by atoms with van der Waals surface area (Å²) in [4.78, 5) is 0. The topological polar surface area (TPSA) is 0 Å². The molecule has 0 unspecified atom stereocenters. The summed E-state index contributed by atoms with van der Waals surface area (Å²) < 4.78 is 0. The Bertz CT molecular complexity index is 530. The van der Waals surface area contributed by atoms with Gasteiger partial charge in [-0.3, -0.25) is 0 Å². The van der Waals surface area contributed by atoms with Gasteiger partial charge in [0.25, 0.3) is 0 Å². The van der Waals surface area contributed by atoms with Crippen LogP contribution >= 0.6 is 0 Å². The van der Waals surface area contributed by atoms with Crippen LogP contribution in [0.25, 0.3) is 0 Å². The number of hydrogen-bond acceptors (Lipinski definition) is 0. The van der Waals surface area contributed by atoms with E-state index in [1.54, 1.807) is 22.3 Å². The van der Waals surface area contributed by atoms with Crippen molar-refractivity contribution in [2.24, 2.45) is 0 Å². The predicted molar refractivity (Wildman–Crippen MR) is 81.6 cm³/mol. The molecular weight excluding hydrogens is 228 g/mol. The average molecular weight is 250 g/mol. The molecule has 0 aromatic heterocycles. The van der Waals surface area contributed by atoms with Crippen LogP contribution in [-0.2, 0) is 19.3 Å². The highest BCUT2D eigenvalue weighted by molar-refractivity contribution is 5.34. The molecule has 2 aliphatic rings. The molecule has 0 bridgehead atoms. The fourth-order valence-electron chi connectivity index (χ4n) is 3.28. The molecule has 1 atom stereocenters. The standard InChI is InChI=1S/C10H12.C9H10/c1-8-6-7-9-4-2-3-5-10(8)9;1-2-5-9-7-3-6-8(9)4-1/h2-5,8H,6-7H2,1H3;1-2,4-5H,3,6-7H2/t8-;/m1./s1. The largest absolute Gasteiger partial charge is 0.0620 e. The van der Waals surface area contributed by atoms with Gasteiger partial charge in [-0.2, -0.15) is 0 Å². The molecule has 0 saturated carbocycles. The lowest BCUT2D eigenvalue weighted by Gasteiger charge is -2.01. The average Bonchev–Trinajstić information content (AvgIpc) is 3.07. The Labute approximate surface area is 116 Å². The summed E-state index contributed by atoms with van der Waals surface area (Å²) in [6.07, 6.45) is 6.60. The molecule has 0 aliphatic heterocycles. The first kappa shape index (κ1) is 12.5. The SMILES string of the molecule is C[C@@H]1CCc2ccccc21.c1ccc2c(c1)CCC2. The van der Waals surface area contributed by atoms with E-state index in [1.165, 1.54) is 32.1 Å². The van der Waals surface area contributed by atoms with Gasteiger partial charge in [-0.05, 0) is 60.3 Å². The zero-order valence-corrected chi connectivity index (χ0v) is 11.7. The van der Waals surface area contributed by atoms with E-state index in [0.717, 1.165) is 5.92 Å². The number of aryl methyl sites for hydroxylation is 3. The molecule has 0 radical (unpaired) electrons. The van der Waals surface area contributed by atoms with E-state index in [0.29, 0.717) is 0 Å². The third-order valence-corrected chi connectivity index (χ3v) is 4.44. The van der Waals surface area contributed by atoms with Crippen LogP contribution in [-0.4, -0.2) is 0 Å². The normalized spacial score (nSPS) is 19.3.